The predicted molar refractivity (Wildman–Crippen MR) is 110 cm³/mol. The normalized spacial score (nSPS) is 18.9. The molecule has 1 unspecified atom stereocenters. The van der Waals surface area contributed by atoms with E-state index in [2.05, 4.69) is 9.97 Å². The number of carbonyl (C=O) groups excluding carboxylic acids is 1. The highest BCUT2D eigenvalue weighted by Crippen LogP contribution is 2.40. The summed E-state index contributed by atoms with van der Waals surface area (Å²) in [4.78, 5) is 19.8. The molecule has 10 heteroatoms. The first-order chi connectivity index (χ1) is 14.7. The molecule has 3 aromatic rings. The molecule has 0 bridgehead atoms. The summed E-state index contributed by atoms with van der Waals surface area (Å²) < 4.78 is 59.4. The number of nitrogens with one attached hydrogen (secondary N) is 1. The van der Waals surface area contributed by atoms with Crippen molar-refractivity contribution in [3.63, 3.8) is 0 Å². The highest BCUT2D eigenvalue weighted by Gasteiger charge is 2.39. The van der Waals surface area contributed by atoms with Gasteiger partial charge in [-0.25, -0.2) is 27.3 Å². The molecule has 2 heterocycles. The number of fused-ring (bicyclic) bond motifs is 1. The topological polar surface area (TPSA) is 115 Å². The van der Waals surface area contributed by atoms with Crippen LogP contribution < -0.4 is 5.14 Å². The Hall–Kier alpha value is -3.21. The summed E-state index contributed by atoms with van der Waals surface area (Å²) in [5, 5.41) is 5.63. The Morgan fingerprint density at radius 2 is 2.06 bits per heavy atom. The van der Waals surface area contributed by atoms with Gasteiger partial charge >= 0.3 is 0 Å². The quantitative estimate of drug-likeness (QED) is 0.586. The Bertz CT molecular complexity index is 1380. The highest BCUT2D eigenvalue weighted by atomic mass is 32.2. The molecule has 0 fully saturated rings. The Morgan fingerprint density at radius 3 is 2.77 bits per heavy atom. The third kappa shape index (κ3) is 3.48. The number of nitrogens with two attached hydrogens (primary N) is 1. The molecule has 31 heavy (non-hydrogen) atoms. The number of ketones is 1. The average Bonchev–Trinajstić information content (AvgIpc) is 3.17. The Kier molecular flexibility index (Phi) is 5.08. The number of hydrogen-bond acceptors (Lipinski definition) is 5. The molecule has 1 aliphatic rings. The fraction of sp³-hybridized carbons (Fsp3) is 0.143. The summed E-state index contributed by atoms with van der Waals surface area (Å²) in [7, 11) is -2.81. The summed E-state index contributed by atoms with van der Waals surface area (Å²) in [5.41, 5.74) is -2.12. The van der Waals surface area contributed by atoms with Gasteiger partial charge in [0.15, 0.2) is 0 Å². The van der Waals surface area contributed by atoms with Gasteiger partial charge in [0.1, 0.15) is 22.9 Å². The van der Waals surface area contributed by atoms with Gasteiger partial charge in [0, 0.05) is 42.4 Å². The fourth-order valence-corrected chi connectivity index (χ4v) is 4.37. The average molecular weight is 445 g/mol. The molecule has 0 saturated carbocycles. The van der Waals surface area contributed by atoms with Crippen molar-refractivity contribution < 1.29 is 26.7 Å². The Balaban J connectivity index is 1.86. The predicted octanol–water partition coefficient (Wildman–Crippen LogP) is 3.05. The maximum Gasteiger partial charge on any atom is 0.234 e. The number of ether oxygens (including phenoxy) is 1. The third-order valence-electron chi connectivity index (χ3n) is 5.28. The minimum absolute atomic E-state index is 0.0498. The molecule has 0 saturated heterocycles. The molecular weight excluding hydrogens is 428 g/mol. The molecular formula is C21H17F2N3O4S. The van der Waals surface area contributed by atoms with Crippen molar-refractivity contribution in [3.05, 3.63) is 88.1 Å². The van der Waals surface area contributed by atoms with E-state index in [1.807, 2.05) is 0 Å². The summed E-state index contributed by atoms with van der Waals surface area (Å²) in [5.74, 6) is -3.09. The van der Waals surface area contributed by atoms with Crippen molar-refractivity contribution in [2.75, 3.05) is 7.11 Å². The fourth-order valence-electron chi connectivity index (χ4n) is 3.68. The number of hydrogen-bond donors (Lipinski definition) is 2. The number of sulfonamides is 1. The highest BCUT2D eigenvalue weighted by molar-refractivity contribution is 7.93. The zero-order valence-electron chi connectivity index (χ0n) is 16.2. The number of methoxy groups -OCH3 is 1. The SMILES string of the molecule is COC1(c2ccc(F)c(C(=O)c3c[nH]c4ncccc34)c2F)C=CC=C(S(N)(=O)=O)C1. The monoisotopic (exact) mass is 445 g/mol. The van der Waals surface area contributed by atoms with E-state index in [4.69, 9.17) is 9.88 Å². The number of allylic oxidation sites excluding steroid dienone is 2. The summed E-state index contributed by atoms with van der Waals surface area (Å²) in [6.45, 7) is 0. The first-order valence-corrected chi connectivity index (χ1v) is 10.6. The lowest BCUT2D eigenvalue weighted by atomic mass is 9.84. The van der Waals surface area contributed by atoms with Crippen molar-refractivity contribution in [1.29, 1.82) is 0 Å². The standard InChI is InChI=1S/C21H17F2N3O4S/c1-30-21(8-2-4-12(10-21)31(24,28)29)15-6-7-16(22)17(18(15)23)19(27)14-11-26-20-13(14)5-3-9-25-20/h2-9,11H,10H2,1H3,(H,25,26)(H2,24,28,29). The molecule has 3 N–H and O–H groups in total. The zero-order chi connectivity index (χ0) is 22.4. The minimum Gasteiger partial charge on any atom is -0.369 e. The summed E-state index contributed by atoms with van der Waals surface area (Å²) >= 11 is 0. The lowest BCUT2D eigenvalue weighted by Crippen LogP contribution is -2.33. The van der Waals surface area contributed by atoms with E-state index in [0.717, 1.165) is 12.1 Å². The van der Waals surface area contributed by atoms with Crippen LogP contribution in [0, 0.1) is 11.6 Å². The molecule has 1 atom stereocenters. The van der Waals surface area contributed by atoms with Crippen LogP contribution in [0.2, 0.25) is 0 Å². The number of nitrogens with zero attached hydrogens (tertiary/aromatic N) is 1. The first-order valence-electron chi connectivity index (χ1n) is 9.09. The second kappa shape index (κ2) is 7.49. The van der Waals surface area contributed by atoms with Gasteiger partial charge in [0.2, 0.25) is 15.8 Å². The van der Waals surface area contributed by atoms with E-state index >= 15 is 4.39 Å². The number of halogens is 2. The number of benzene rings is 1. The zero-order valence-corrected chi connectivity index (χ0v) is 17.0. The van der Waals surface area contributed by atoms with E-state index in [0.29, 0.717) is 11.0 Å². The van der Waals surface area contributed by atoms with Crippen LogP contribution in [0.5, 0.6) is 0 Å². The van der Waals surface area contributed by atoms with Crippen LogP contribution >= 0.6 is 0 Å². The molecule has 4 rings (SSSR count). The van der Waals surface area contributed by atoms with Crippen molar-refractivity contribution in [2.24, 2.45) is 5.14 Å². The number of carbonyl (C=O) groups is 1. The summed E-state index contributed by atoms with van der Waals surface area (Å²) in [6.07, 6.45) is 6.61. The van der Waals surface area contributed by atoms with E-state index in [1.54, 1.807) is 12.1 Å². The van der Waals surface area contributed by atoms with E-state index in [9.17, 15) is 17.6 Å². The van der Waals surface area contributed by atoms with Gasteiger partial charge < -0.3 is 9.72 Å². The number of primary sulfonamides is 1. The van der Waals surface area contributed by atoms with Crippen LogP contribution in [0.3, 0.4) is 0 Å². The Labute approximate surface area is 176 Å². The molecule has 0 aliphatic heterocycles. The minimum atomic E-state index is -4.07. The van der Waals surface area contributed by atoms with Gasteiger partial charge in [-0.3, -0.25) is 4.79 Å². The molecule has 0 radical (unpaired) electrons. The number of rotatable bonds is 5. The van der Waals surface area contributed by atoms with Crippen LogP contribution in [-0.4, -0.2) is 31.3 Å². The van der Waals surface area contributed by atoms with Crippen LogP contribution in [-0.2, 0) is 20.4 Å². The lowest BCUT2D eigenvalue weighted by Gasteiger charge is -2.33. The van der Waals surface area contributed by atoms with Crippen LogP contribution in [0.4, 0.5) is 8.78 Å². The molecule has 0 spiro atoms. The van der Waals surface area contributed by atoms with Crippen LogP contribution in [0.1, 0.15) is 27.9 Å². The van der Waals surface area contributed by atoms with Gasteiger partial charge in [0.25, 0.3) is 0 Å². The smallest absolute Gasteiger partial charge is 0.234 e. The molecule has 2 aromatic heterocycles. The van der Waals surface area contributed by atoms with Gasteiger partial charge in [-0.15, -0.1) is 0 Å². The maximum atomic E-state index is 15.6. The molecule has 7 nitrogen and oxygen atoms in total. The maximum absolute atomic E-state index is 15.6. The van der Waals surface area contributed by atoms with Crippen molar-refractivity contribution in [1.82, 2.24) is 9.97 Å². The van der Waals surface area contributed by atoms with Crippen LogP contribution in [0.15, 0.2) is 59.8 Å². The first kappa shape index (κ1) is 21.0. The second-order valence-corrected chi connectivity index (χ2v) is 8.64. The molecule has 1 aliphatic carbocycles. The number of pyridine rings is 1. The van der Waals surface area contributed by atoms with E-state index in [-0.39, 0.29) is 22.5 Å². The third-order valence-corrected chi connectivity index (χ3v) is 6.30. The Morgan fingerprint density at radius 1 is 1.29 bits per heavy atom. The summed E-state index contributed by atoms with van der Waals surface area (Å²) in [6, 6.07) is 5.28. The number of H-pyrrole nitrogens is 1. The molecule has 0 amide bonds. The van der Waals surface area contributed by atoms with Crippen molar-refractivity contribution in [2.45, 2.75) is 12.0 Å². The van der Waals surface area contributed by atoms with Gasteiger partial charge in [-0.1, -0.05) is 6.08 Å². The van der Waals surface area contributed by atoms with Crippen molar-refractivity contribution in [3.8, 4) is 0 Å². The van der Waals surface area contributed by atoms with Gasteiger partial charge in [-0.2, -0.15) is 0 Å². The largest absolute Gasteiger partial charge is 0.369 e. The number of aromatic amines is 1. The number of aromatic nitrogens is 2. The lowest BCUT2D eigenvalue weighted by molar-refractivity contribution is 0.0265. The second-order valence-electron chi connectivity index (χ2n) is 7.02. The van der Waals surface area contributed by atoms with Gasteiger partial charge in [0.05, 0.1) is 10.5 Å². The van der Waals surface area contributed by atoms with Crippen molar-refractivity contribution >= 4 is 26.8 Å². The van der Waals surface area contributed by atoms with E-state index < -0.39 is 38.6 Å². The van der Waals surface area contributed by atoms with Gasteiger partial charge in [-0.05, 0) is 36.4 Å². The van der Waals surface area contributed by atoms with Crippen LogP contribution in [0.25, 0.3) is 11.0 Å². The molecule has 1 aromatic carbocycles. The van der Waals surface area contributed by atoms with E-state index in [1.165, 1.54) is 37.7 Å². The molecule has 160 valence electrons.